The van der Waals surface area contributed by atoms with Crippen LogP contribution in [-0.2, 0) is 10.0 Å². The minimum Gasteiger partial charge on any atom is -0.357 e. The molecule has 0 saturated heterocycles. The van der Waals surface area contributed by atoms with Crippen molar-refractivity contribution < 1.29 is 8.42 Å². The highest BCUT2D eigenvalue weighted by molar-refractivity contribution is 7.99. The van der Waals surface area contributed by atoms with Crippen molar-refractivity contribution in [3.8, 4) is 0 Å². The first-order valence-corrected chi connectivity index (χ1v) is 9.37. The van der Waals surface area contributed by atoms with Crippen molar-refractivity contribution >= 4 is 27.7 Å². The fourth-order valence-electron chi connectivity index (χ4n) is 2.29. The topological polar surface area (TPSA) is 84.0 Å². The highest BCUT2D eigenvalue weighted by Gasteiger charge is 2.25. The number of nitrogens with zero attached hydrogens (tertiary/aromatic N) is 2. The zero-order valence-electron chi connectivity index (χ0n) is 11.7. The molecule has 6 nitrogen and oxygen atoms in total. The minimum atomic E-state index is -3.52. The molecule has 1 aromatic rings. The van der Waals surface area contributed by atoms with Crippen molar-refractivity contribution in [2.75, 3.05) is 18.6 Å². The summed E-state index contributed by atoms with van der Waals surface area (Å²) in [7, 11) is -1.83. The summed E-state index contributed by atoms with van der Waals surface area (Å²) in [6, 6.07) is 0.0207. The quantitative estimate of drug-likeness (QED) is 0.856. The molecular weight excluding hydrogens is 296 g/mol. The molecule has 0 radical (unpaired) electrons. The first-order chi connectivity index (χ1) is 9.55. The summed E-state index contributed by atoms with van der Waals surface area (Å²) in [6.07, 6.45) is 8.66. The summed E-state index contributed by atoms with van der Waals surface area (Å²) < 4.78 is 27.2. The van der Waals surface area contributed by atoms with Gasteiger partial charge in [0.15, 0.2) is 0 Å². The zero-order chi connectivity index (χ0) is 14.6. The molecular formula is C12H20N4O2S2. The maximum Gasteiger partial charge on any atom is 0.243 e. The van der Waals surface area contributed by atoms with Crippen LogP contribution in [0.25, 0.3) is 0 Å². The van der Waals surface area contributed by atoms with Crippen molar-refractivity contribution in [3.63, 3.8) is 0 Å². The smallest absolute Gasteiger partial charge is 0.243 e. The number of aromatic nitrogens is 2. The molecule has 20 heavy (non-hydrogen) atoms. The fraction of sp³-hybridized carbons (Fsp3) is 0.667. The molecule has 0 unspecified atom stereocenters. The third-order valence-electron chi connectivity index (χ3n) is 3.49. The Kier molecular flexibility index (Phi) is 5.22. The van der Waals surface area contributed by atoms with Crippen LogP contribution in [0.3, 0.4) is 0 Å². The van der Waals surface area contributed by atoms with Crippen LogP contribution < -0.4 is 10.0 Å². The SMILES string of the molecule is CNc1ncc(S(=O)(=O)NC2CCC(SC)CC2)cn1. The highest BCUT2D eigenvalue weighted by Crippen LogP contribution is 2.27. The predicted octanol–water partition coefficient (Wildman–Crippen LogP) is 1.47. The van der Waals surface area contributed by atoms with E-state index in [1.54, 1.807) is 7.05 Å². The second-order valence-electron chi connectivity index (χ2n) is 4.82. The van der Waals surface area contributed by atoms with Crippen LogP contribution in [0, 0.1) is 0 Å². The van der Waals surface area contributed by atoms with Gasteiger partial charge in [0.25, 0.3) is 0 Å². The van der Waals surface area contributed by atoms with Gasteiger partial charge in [0, 0.05) is 18.3 Å². The number of hydrogen-bond donors (Lipinski definition) is 2. The van der Waals surface area contributed by atoms with Crippen molar-refractivity contribution in [2.45, 2.75) is 41.9 Å². The van der Waals surface area contributed by atoms with Crippen LogP contribution >= 0.6 is 11.8 Å². The molecule has 1 saturated carbocycles. The normalized spacial score (nSPS) is 23.5. The van der Waals surface area contributed by atoms with E-state index in [0.29, 0.717) is 11.2 Å². The second kappa shape index (κ2) is 6.73. The second-order valence-corrected chi connectivity index (χ2v) is 7.68. The van der Waals surface area contributed by atoms with Gasteiger partial charge in [-0.1, -0.05) is 0 Å². The van der Waals surface area contributed by atoms with Crippen molar-refractivity contribution in [2.24, 2.45) is 0 Å². The van der Waals surface area contributed by atoms with E-state index in [-0.39, 0.29) is 10.9 Å². The molecule has 112 valence electrons. The van der Waals surface area contributed by atoms with E-state index in [1.807, 2.05) is 11.8 Å². The lowest BCUT2D eigenvalue weighted by atomic mass is 9.96. The Hall–Kier alpha value is -0.860. The van der Waals surface area contributed by atoms with Crippen molar-refractivity contribution in [3.05, 3.63) is 12.4 Å². The van der Waals surface area contributed by atoms with Gasteiger partial charge in [0.1, 0.15) is 4.90 Å². The summed E-state index contributed by atoms with van der Waals surface area (Å²) >= 11 is 1.86. The molecule has 0 bridgehead atoms. The monoisotopic (exact) mass is 316 g/mol. The van der Waals surface area contributed by atoms with Gasteiger partial charge in [-0.05, 0) is 31.9 Å². The summed E-state index contributed by atoms with van der Waals surface area (Å²) in [5.41, 5.74) is 0. The molecule has 0 atom stereocenters. The number of hydrogen-bond acceptors (Lipinski definition) is 6. The van der Waals surface area contributed by atoms with E-state index in [2.05, 4.69) is 26.3 Å². The average Bonchev–Trinajstić information content (AvgIpc) is 2.48. The van der Waals surface area contributed by atoms with E-state index in [4.69, 9.17) is 0 Å². The number of thioether (sulfide) groups is 1. The van der Waals surface area contributed by atoms with E-state index in [9.17, 15) is 8.42 Å². The zero-order valence-corrected chi connectivity index (χ0v) is 13.3. The first kappa shape index (κ1) is 15.5. The van der Waals surface area contributed by atoms with Gasteiger partial charge < -0.3 is 5.32 Å². The fourth-order valence-corrected chi connectivity index (χ4v) is 4.23. The van der Waals surface area contributed by atoms with Gasteiger partial charge in [-0.25, -0.2) is 23.1 Å². The Balaban J connectivity index is 2.00. The minimum absolute atomic E-state index is 0.0207. The number of sulfonamides is 1. The Bertz CT molecular complexity index is 525. The Morgan fingerprint density at radius 3 is 2.30 bits per heavy atom. The van der Waals surface area contributed by atoms with Crippen LogP contribution in [0.1, 0.15) is 25.7 Å². The van der Waals surface area contributed by atoms with Gasteiger partial charge in [-0.3, -0.25) is 0 Å². The average molecular weight is 316 g/mol. The van der Waals surface area contributed by atoms with Gasteiger partial charge >= 0.3 is 0 Å². The summed E-state index contributed by atoms with van der Waals surface area (Å²) in [5, 5.41) is 3.42. The summed E-state index contributed by atoms with van der Waals surface area (Å²) in [4.78, 5) is 7.99. The van der Waals surface area contributed by atoms with Crippen LogP contribution in [0.5, 0.6) is 0 Å². The van der Waals surface area contributed by atoms with Gasteiger partial charge in [0.2, 0.25) is 16.0 Å². The van der Waals surface area contributed by atoms with E-state index in [0.717, 1.165) is 25.7 Å². The highest BCUT2D eigenvalue weighted by atomic mass is 32.2. The lowest BCUT2D eigenvalue weighted by Gasteiger charge is -2.27. The van der Waals surface area contributed by atoms with Crippen molar-refractivity contribution in [1.29, 1.82) is 0 Å². The van der Waals surface area contributed by atoms with Crippen LogP contribution in [0.15, 0.2) is 17.3 Å². The lowest BCUT2D eigenvalue weighted by Crippen LogP contribution is -2.38. The lowest BCUT2D eigenvalue weighted by molar-refractivity contribution is 0.420. The van der Waals surface area contributed by atoms with E-state index < -0.39 is 10.0 Å². The predicted molar refractivity (Wildman–Crippen MR) is 81.5 cm³/mol. The number of anilines is 1. The molecule has 2 N–H and O–H groups in total. The molecule has 0 aromatic carbocycles. The molecule has 1 fully saturated rings. The van der Waals surface area contributed by atoms with Gasteiger partial charge in [-0.15, -0.1) is 0 Å². The van der Waals surface area contributed by atoms with Crippen LogP contribution in [-0.4, -0.2) is 43.0 Å². The van der Waals surface area contributed by atoms with E-state index >= 15 is 0 Å². The Morgan fingerprint density at radius 2 is 1.80 bits per heavy atom. The molecule has 0 spiro atoms. The Labute approximate surface area is 124 Å². The number of nitrogens with one attached hydrogen (secondary N) is 2. The maximum atomic E-state index is 12.2. The summed E-state index contributed by atoms with van der Waals surface area (Å²) in [5.74, 6) is 0.407. The molecule has 0 amide bonds. The van der Waals surface area contributed by atoms with Gasteiger partial charge in [0.05, 0.1) is 12.4 Å². The molecule has 1 aliphatic carbocycles. The molecule has 1 heterocycles. The van der Waals surface area contributed by atoms with Crippen molar-refractivity contribution in [1.82, 2.24) is 14.7 Å². The van der Waals surface area contributed by atoms with E-state index in [1.165, 1.54) is 12.4 Å². The maximum absolute atomic E-state index is 12.2. The molecule has 2 rings (SSSR count). The first-order valence-electron chi connectivity index (χ1n) is 6.60. The molecule has 1 aromatic heterocycles. The Morgan fingerprint density at radius 1 is 1.20 bits per heavy atom. The van der Waals surface area contributed by atoms with Crippen LogP contribution in [0.2, 0.25) is 0 Å². The van der Waals surface area contributed by atoms with Crippen LogP contribution in [0.4, 0.5) is 5.95 Å². The molecule has 1 aliphatic rings. The standard InChI is InChI=1S/C12H20N4O2S2/c1-13-12-14-7-11(8-15-12)20(17,18)16-9-3-5-10(19-2)6-4-9/h7-10,16H,3-6H2,1-2H3,(H,13,14,15). The third-order valence-corrected chi connectivity index (χ3v) is 6.10. The largest absolute Gasteiger partial charge is 0.357 e. The third kappa shape index (κ3) is 3.83. The number of rotatable bonds is 5. The summed E-state index contributed by atoms with van der Waals surface area (Å²) in [6.45, 7) is 0. The van der Waals surface area contributed by atoms with Gasteiger partial charge in [-0.2, -0.15) is 11.8 Å². The molecule has 8 heteroatoms. The molecule has 0 aliphatic heterocycles.